The van der Waals surface area contributed by atoms with Gasteiger partial charge >= 0.3 is 5.97 Å². The minimum absolute atomic E-state index is 0.0709. The maximum Gasteiger partial charge on any atom is 0.317 e. The molecule has 2 rings (SSSR count). The third-order valence-corrected chi connectivity index (χ3v) is 3.56. The smallest absolute Gasteiger partial charge is 0.317 e. The molecule has 0 aliphatic carbocycles. The van der Waals surface area contributed by atoms with Crippen molar-refractivity contribution in [3.63, 3.8) is 0 Å². The second-order valence-corrected chi connectivity index (χ2v) is 4.62. The van der Waals surface area contributed by atoms with Crippen molar-refractivity contribution in [3.8, 4) is 0 Å². The van der Waals surface area contributed by atoms with Crippen LogP contribution in [0.1, 0.15) is 32.6 Å². The van der Waals surface area contributed by atoms with Crippen molar-refractivity contribution in [1.29, 1.82) is 0 Å². The average Bonchev–Trinajstić information content (AvgIpc) is 2.28. The summed E-state index contributed by atoms with van der Waals surface area (Å²) < 4.78 is 4.95. The molecule has 2 saturated heterocycles. The van der Waals surface area contributed by atoms with Crippen LogP contribution in [-0.2, 0) is 14.3 Å². The molecule has 0 saturated carbocycles. The molecule has 90 valence electrons. The molecule has 0 aromatic carbocycles. The van der Waals surface area contributed by atoms with Crippen LogP contribution in [0.15, 0.2) is 0 Å². The zero-order chi connectivity index (χ0) is 11.5. The van der Waals surface area contributed by atoms with E-state index >= 15 is 0 Å². The van der Waals surface area contributed by atoms with E-state index in [-0.39, 0.29) is 11.8 Å². The Labute approximate surface area is 95.9 Å². The largest absolute Gasteiger partial charge is 0.465 e. The lowest BCUT2D eigenvalue weighted by molar-refractivity contribution is -0.155. The number of ether oxygens (including phenoxy) is 1. The molecule has 16 heavy (non-hydrogen) atoms. The minimum atomic E-state index is -0.533. The number of esters is 1. The highest BCUT2D eigenvalue weighted by atomic mass is 16.5. The van der Waals surface area contributed by atoms with Crippen molar-refractivity contribution in [2.24, 2.45) is 5.92 Å². The van der Waals surface area contributed by atoms with Gasteiger partial charge < -0.3 is 4.74 Å². The molecule has 0 N–H and O–H groups in total. The molecule has 0 radical (unpaired) electrons. The van der Waals surface area contributed by atoms with Crippen molar-refractivity contribution < 1.29 is 14.3 Å². The van der Waals surface area contributed by atoms with Crippen LogP contribution in [-0.4, -0.2) is 42.4 Å². The lowest BCUT2D eigenvalue weighted by Gasteiger charge is -2.40. The fourth-order valence-electron chi connectivity index (χ4n) is 2.69. The van der Waals surface area contributed by atoms with Gasteiger partial charge in [0.05, 0.1) is 6.61 Å². The molecule has 0 bridgehead atoms. The van der Waals surface area contributed by atoms with Gasteiger partial charge in [0, 0.05) is 19.0 Å². The van der Waals surface area contributed by atoms with Crippen molar-refractivity contribution in [3.05, 3.63) is 0 Å². The predicted octanol–water partition coefficient (Wildman–Crippen LogP) is 0.993. The lowest BCUT2D eigenvalue weighted by Crippen LogP contribution is -2.52. The Morgan fingerprint density at radius 1 is 1.50 bits per heavy atom. The van der Waals surface area contributed by atoms with Gasteiger partial charge in [-0.3, -0.25) is 14.5 Å². The number of nitrogens with zero attached hydrogens (tertiary/aromatic N) is 1. The van der Waals surface area contributed by atoms with E-state index in [1.807, 2.05) is 0 Å². The number of piperidine rings is 2. The number of hydrogen-bond acceptors (Lipinski definition) is 4. The summed E-state index contributed by atoms with van der Waals surface area (Å²) in [6.45, 7) is 3.72. The van der Waals surface area contributed by atoms with Crippen LogP contribution in [0.4, 0.5) is 0 Å². The van der Waals surface area contributed by atoms with Gasteiger partial charge in [0.25, 0.3) is 0 Å². The molecular weight excluding hydrogens is 206 g/mol. The quantitative estimate of drug-likeness (QED) is 0.519. The van der Waals surface area contributed by atoms with E-state index in [4.69, 9.17) is 4.74 Å². The second-order valence-electron chi connectivity index (χ2n) is 4.62. The van der Waals surface area contributed by atoms with E-state index in [0.29, 0.717) is 25.6 Å². The minimum Gasteiger partial charge on any atom is -0.465 e. The summed E-state index contributed by atoms with van der Waals surface area (Å²) >= 11 is 0. The predicted molar refractivity (Wildman–Crippen MR) is 59.0 cm³/mol. The molecule has 2 aliphatic rings. The average molecular weight is 225 g/mol. The summed E-state index contributed by atoms with van der Waals surface area (Å²) in [5, 5.41) is 0. The van der Waals surface area contributed by atoms with E-state index in [0.717, 1.165) is 13.0 Å². The summed E-state index contributed by atoms with van der Waals surface area (Å²) in [5.74, 6) is -0.799. The maximum atomic E-state index is 11.8. The van der Waals surface area contributed by atoms with E-state index in [2.05, 4.69) is 4.90 Å². The molecule has 2 heterocycles. The van der Waals surface area contributed by atoms with Crippen LogP contribution in [0.3, 0.4) is 0 Å². The van der Waals surface area contributed by atoms with E-state index in [9.17, 15) is 9.59 Å². The summed E-state index contributed by atoms with van der Waals surface area (Å²) in [4.78, 5) is 25.7. The molecule has 0 aromatic heterocycles. The van der Waals surface area contributed by atoms with Crippen LogP contribution < -0.4 is 0 Å². The van der Waals surface area contributed by atoms with Gasteiger partial charge in [-0.25, -0.2) is 0 Å². The summed E-state index contributed by atoms with van der Waals surface area (Å²) in [5.41, 5.74) is 0. The van der Waals surface area contributed by atoms with Gasteiger partial charge in [-0.1, -0.05) is 6.42 Å². The highest BCUT2D eigenvalue weighted by Crippen LogP contribution is 2.27. The highest BCUT2D eigenvalue weighted by molar-refractivity contribution is 6.00. The molecule has 0 aromatic rings. The van der Waals surface area contributed by atoms with Crippen LogP contribution >= 0.6 is 0 Å². The first-order chi connectivity index (χ1) is 7.72. The number of Topliss-reactive ketones (excluding diaryl/α,β-unsaturated/α-hetero) is 1. The van der Waals surface area contributed by atoms with Gasteiger partial charge in [0.1, 0.15) is 11.7 Å². The zero-order valence-electron chi connectivity index (χ0n) is 9.78. The van der Waals surface area contributed by atoms with Crippen LogP contribution in [0.5, 0.6) is 0 Å². The Balaban J connectivity index is 2.00. The van der Waals surface area contributed by atoms with Crippen LogP contribution in [0.25, 0.3) is 0 Å². The summed E-state index contributed by atoms with van der Waals surface area (Å²) in [6, 6.07) is 0.381. The fourth-order valence-corrected chi connectivity index (χ4v) is 2.69. The third kappa shape index (κ3) is 2.26. The van der Waals surface area contributed by atoms with Crippen LogP contribution in [0.2, 0.25) is 0 Å². The van der Waals surface area contributed by atoms with Gasteiger partial charge in [-0.05, 0) is 26.3 Å². The summed E-state index contributed by atoms with van der Waals surface area (Å²) in [7, 11) is 0. The molecule has 0 unspecified atom stereocenters. The van der Waals surface area contributed by atoms with Crippen LogP contribution in [0, 0.1) is 5.92 Å². The topological polar surface area (TPSA) is 46.6 Å². The normalized spacial score (nSPS) is 30.9. The molecule has 4 nitrogen and oxygen atoms in total. The van der Waals surface area contributed by atoms with Gasteiger partial charge in [-0.2, -0.15) is 0 Å². The molecule has 2 atom stereocenters. The summed E-state index contributed by atoms with van der Waals surface area (Å²) in [6.07, 6.45) is 4.02. The van der Waals surface area contributed by atoms with E-state index < -0.39 is 5.92 Å². The van der Waals surface area contributed by atoms with Gasteiger partial charge in [-0.15, -0.1) is 0 Å². The monoisotopic (exact) mass is 225 g/mol. The van der Waals surface area contributed by atoms with Crippen molar-refractivity contribution in [1.82, 2.24) is 4.90 Å². The molecule has 0 spiro atoms. The third-order valence-electron chi connectivity index (χ3n) is 3.56. The first-order valence-electron chi connectivity index (χ1n) is 6.15. The molecule has 4 heteroatoms. The Hall–Kier alpha value is -0.900. The first-order valence-corrected chi connectivity index (χ1v) is 6.15. The second kappa shape index (κ2) is 4.95. The van der Waals surface area contributed by atoms with Crippen molar-refractivity contribution in [2.75, 3.05) is 19.7 Å². The number of carbonyl (C=O) groups is 2. The Bertz CT molecular complexity index is 290. The van der Waals surface area contributed by atoms with Gasteiger partial charge in [0.15, 0.2) is 0 Å². The zero-order valence-corrected chi connectivity index (χ0v) is 9.78. The fraction of sp³-hybridized carbons (Fsp3) is 0.833. The highest BCUT2D eigenvalue weighted by Gasteiger charge is 2.39. The molecular formula is C12H19NO3. The van der Waals surface area contributed by atoms with Crippen molar-refractivity contribution in [2.45, 2.75) is 38.6 Å². The van der Waals surface area contributed by atoms with E-state index in [1.54, 1.807) is 6.92 Å². The lowest BCUT2D eigenvalue weighted by atomic mass is 9.86. The van der Waals surface area contributed by atoms with Crippen molar-refractivity contribution >= 4 is 11.8 Å². The number of rotatable bonds is 2. The first kappa shape index (κ1) is 11.6. The Kier molecular flexibility index (Phi) is 3.59. The maximum absolute atomic E-state index is 11.8. The molecule has 0 amide bonds. The standard InChI is InChI=1S/C12H19NO3/c1-2-16-12(15)10-8-13-6-4-3-5-9(13)7-11(10)14/h9-10H,2-8H2,1H3/t9-,10-/m0/s1. The van der Waals surface area contributed by atoms with E-state index in [1.165, 1.54) is 12.8 Å². The Morgan fingerprint density at radius 2 is 2.31 bits per heavy atom. The number of hydrogen-bond donors (Lipinski definition) is 0. The number of carbonyl (C=O) groups excluding carboxylic acids is 2. The Morgan fingerprint density at radius 3 is 3.06 bits per heavy atom. The SMILES string of the molecule is CCOC(=O)[C@H]1CN2CCCC[C@H]2CC1=O. The number of ketones is 1. The van der Waals surface area contributed by atoms with Gasteiger partial charge in [0.2, 0.25) is 0 Å². The molecule has 2 fully saturated rings. The molecule has 2 aliphatic heterocycles. The number of fused-ring (bicyclic) bond motifs is 1.